The summed E-state index contributed by atoms with van der Waals surface area (Å²) >= 11 is 0. The molecule has 21 heavy (non-hydrogen) atoms. The van der Waals surface area contributed by atoms with Crippen molar-refractivity contribution >= 4 is 0 Å². The van der Waals surface area contributed by atoms with Crippen molar-refractivity contribution in [1.82, 2.24) is 20.2 Å². The second-order valence-corrected chi connectivity index (χ2v) is 5.79. The summed E-state index contributed by atoms with van der Waals surface area (Å²) in [6.07, 6.45) is 6.26. The smallest absolute Gasteiger partial charge is 0.139 e. The van der Waals surface area contributed by atoms with E-state index in [9.17, 15) is 0 Å². The molecule has 0 aromatic carbocycles. The number of hydrogen-bond acceptors (Lipinski definition) is 4. The third-order valence-corrected chi connectivity index (χ3v) is 4.02. The van der Waals surface area contributed by atoms with Gasteiger partial charge in [-0.1, -0.05) is 19.8 Å². The highest BCUT2D eigenvalue weighted by Gasteiger charge is 2.41. The lowest BCUT2D eigenvalue weighted by molar-refractivity contribution is 0.548. The van der Waals surface area contributed by atoms with E-state index in [0.29, 0.717) is 11.8 Å². The molecule has 2 atom stereocenters. The number of hydrogen-bond donors (Lipinski definition) is 0. The predicted octanol–water partition coefficient (Wildman–Crippen LogP) is 3.06. The zero-order valence-corrected chi connectivity index (χ0v) is 12.5. The van der Waals surface area contributed by atoms with Gasteiger partial charge in [0.2, 0.25) is 0 Å². The van der Waals surface area contributed by atoms with Gasteiger partial charge < -0.3 is 0 Å². The van der Waals surface area contributed by atoms with Gasteiger partial charge in [-0.15, -0.1) is 10.2 Å². The van der Waals surface area contributed by atoms with Gasteiger partial charge in [-0.05, 0) is 48.6 Å². The molecule has 1 fully saturated rings. The first kappa shape index (κ1) is 13.7. The summed E-state index contributed by atoms with van der Waals surface area (Å²) < 4.78 is 0. The van der Waals surface area contributed by atoms with Gasteiger partial charge in [-0.2, -0.15) is 0 Å². The van der Waals surface area contributed by atoms with Crippen molar-refractivity contribution in [1.29, 1.82) is 0 Å². The fourth-order valence-electron chi connectivity index (χ4n) is 2.79. The molecular weight excluding hydrogens is 260 g/mol. The van der Waals surface area contributed by atoms with E-state index in [0.717, 1.165) is 22.9 Å². The van der Waals surface area contributed by atoms with Crippen molar-refractivity contribution in [2.24, 2.45) is 11.8 Å². The fraction of sp³-hybridized carbons (Fsp3) is 0.412. The first-order chi connectivity index (χ1) is 10.2. The molecule has 1 saturated carbocycles. The Morgan fingerprint density at radius 2 is 1.95 bits per heavy atom. The lowest BCUT2D eigenvalue weighted by Gasteiger charge is -2.07. The molecule has 1 aliphatic rings. The molecule has 3 rings (SSSR count). The van der Waals surface area contributed by atoms with Crippen LogP contribution in [0.25, 0.3) is 11.3 Å². The van der Waals surface area contributed by atoms with E-state index in [2.05, 4.69) is 51.9 Å². The van der Waals surface area contributed by atoms with Crippen LogP contribution in [0, 0.1) is 23.7 Å². The zero-order valence-electron chi connectivity index (χ0n) is 12.5. The fourth-order valence-corrected chi connectivity index (χ4v) is 2.79. The Hall–Kier alpha value is -2.28. The van der Waals surface area contributed by atoms with Gasteiger partial charge in [-0.3, -0.25) is 0 Å². The van der Waals surface area contributed by atoms with Crippen LogP contribution in [0.5, 0.6) is 0 Å². The van der Waals surface area contributed by atoms with Gasteiger partial charge in [0.15, 0.2) is 0 Å². The van der Waals surface area contributed by atoms with E-state index < -0.39 is 0 Å². The van der Waals surface area contributed by atoms with Crippen molar-refractivity contribution in [3.8, 4) is 23.1 Å². The molecule has 4 nitrogen and oxygen atoms in total. The topological polar surface area (TPSA) is 51.6 Å². The largest absolute Gasteiger partial charge is 0.244 e. The van der Waals surface area contributed by atoms with Crippen LogP contribution in [-0.2, 0) is 0 Å². The highest BCUT2D eigenvalue weighted by Crippen LogP contribution is 2.52. The minimum absolute atomic E-state index is 0.555. The minimum Gasteiger partial charge on any atom is -0.244 e. The molecule has 0 unspecified atom stereocenters. The van der Waals surface area contributed by atoms with E-state index in [-0.39, 0.29) is 0 Å². The normalized spacial score (nSPS) is 20.0. The number of nitrogens with zero attached hydrogens (tertiary/aromatic N) is 4. The van der Waals surface area contributed by atoms with E-state index in [1.54, 1.807) is 12.4 Å². The highest BCUT2D eigenvalue weighted by atomic mass is 15.1. The monoisotopic (exact) mass is 278 g/mol. The molecule has 2 aromatic rings. The summed E-state index contributed by atoms with van der Waals surface area (Å²) in [5, 5.41) is 8.60. The van der Waals surface area contributed by atoms with Gasteiger partial charge in [0.1, 0.15) is 12.0 Å². The van der Waals surface area contributed by atoms with Crippen LogP contribution in [-0.4, -0.2) is 20.2 Å². The summed E-state index contributed by atoms with van der Waals surface area (Å²) in [6.45, 7) is 6.38. The molecule has 2 aromatic heterocycles. The van der Waals surface area contributed by atoms with Gasteiger partial charge in [0, 0.05) is 18.0 Å². The maximum atomic E-state index is 4.32. The third-order valence-electron chi connectivity index (χ3n) is 4.02. The summed E-state index contributed by atoms with van der Waals surface area (Å²) in [6, 6.07) is 2.11. The van der Waals surface area contributed by atoms with E-state index in [1.807, 2.05) is 6.92 Å². The SMILES string of the molecule is CC#Cc1nnc(-c2cncnc2)cc1[C@H]1C[C@@H]1C(C)C. The van der Waals surface area contributed by atoms with Crippen molar-refractivity contribution in [3.63, 3.8) is 0 Å². The number of rotatable bonds is 3. The first-order valence-corrected chi connectivity index (χ1v) is 7.26. The van der Waals surface area contributed by atoms with Crippen molar-refractivity contribution in [3.05, 3.63) is 36.0 Å². The Balaban J connectivity index is 2.01. The molecule has 2 heterocycles. The molecule has 0 bridgehead atoms. The first-order valence-electron chi connectivity index (χ1n) is 7.26. The van der Waals surface area contributed by atoms with Crippen LogP contribution >= 0.6 is 0 Å². The van der Waals surface area contributed by atoms with Crippen LogP contribution in [0.15, 0.2) is 24.8 Å². The lowest BCUT2D eigenvalue weighted by Crippen LogP contribution is -2.00. The Kier molecular flexibility index (Phi) is 3.66. The molecule has 1 aliphatic carbocycles. The maximum Gasteiger partial charge on any atom is 0.139 e. The van der Waals surface area contributed by atoms with Crippen molar-refractivity contribution in [2.75, 3.05) is 0 Å². The lowest BCUT2D eigenvalue weighted by atomic mass is 10.0. The summed E-state index contributed by atoms with van der Waals surface area (Å²) in [7, 11) is 0. The Labute approximate surface area is 125 Å². The summed E-state index contributed by atoms with van der Waals surface area (Å²) in [5.41, 5.74) is 3.74. The summed E-state index contributed by atoms with van der Waals surface area (Å²) in [5.74, 6) is 7.99. The third kappa shape index (κ3) is 2.78. The zero-order chi connectivity index (χ0) is 14.8. The van der Waals surface area contributed by atoms with Crippen LogP contribution in [0.1, 0.15) is 44.4 Å². The molecule has 0 saturated heterocycles. The van der Waals surface area contributed by atoms with Gasteiger partial charge in [0.05, 0.1) is 5.69 Å². The van der Waals surface area contributed by atoms with Crippen molar-refractivity contribution in [2.45, 2.75) is 33.1 Å². The minimum atomic E-state index is 0.555. The average molecular weight is 278 g/mol. The molecular formula is C17H18N4. The predicted molar refractivity (Wildman–Crippen MR) is 81.3 cm³/mol. The standard InChI is InChI=1S/C17H18N4/c1-4-5-16-15(14-6-13(14)11(2)3)7-17(21-20-16)12-8-18-10-19-9-12/h7-11,13-14H,6H2,1-3H3/t13-,14+/m1/s1. The molecule has 4 heteroatoms. The van der Waals surface area contributed by atoms with Gasteiger partial charge >= 0.3 is 0 Å². The summed E-state index contributed by atoms with van der Waals surface area (Å²) in [4.78, 5) is 8.09. The number of aromatic nitrogens is 4. The Morgan fingerprint density at radius 1 is 1.19 bits per heavy atom. The molecule has 0 amide bonds. The molecule has 0 aliphatic heterocycles. The van der Waals surface area contributed by atoms with Crippen LogP contribution < -0.4 is 0 Å². The van der Waals surface area contributed by atoms with E-state index in [1.165, 1.54) is 18.3 Å². The van der Waals surface area contributed by atoms with Gasteiger partial charge in [-0.25, -0.2) is 9.97 Å². The average Bonchev–Trinajstić information content (AvgIpc) is 3.29. The van der Waals surface area contributed by atoms with Gasteiger partial charge in [0.25, 0.3) is 0 Å². The van der Waals surface area contributed by atoms with Crippen molar-refractivity contribution < 1.29 is 0 Å². The molecule has 0 spiro atoms. The Morgan fingerprint density at radius 3 is 2.57 bits per heavy atom. The van der Waals surface area contributed by atoms with Crippen LogP contribution in [0.2, 0.25) is 0 Å². The quantitative estimate of drug-likeness (QED) is 0.810. The van der Waals surface area contributed by atoms with E-state index >= 15 is 0 Å². The maximum absolute atomic E-state index is 4.32. The molecule has 0 N–H and O–H groups in total. The van der Waals surface area contributed by atoms with Crippen LogP contribution in [0.3, 0.4) is 0 Å². The molecule has 106 valence electrons. The highest BCUT2D eigenvalue weighted by molar-refractivity contribution is 5.59. The molecule has 0 radical (unpaired) electrons. The van der Waals surface area contributed by atoms with Crippen LogP contribution in [0.4, 0.5) is 0 Å². The second kappa shape index (κ2) is 5.61. The van der Waals surface area contributed by atoms with E-state index in [4.69, 9.17) is 0 Å². The Bertz CT molecular complexity index is 698. The second-order valence-electron chi connectivity index (χ2n) is 5.79.